The molecule has 0 aromatic rings. The molecule has 74 valence electrons. The van der Waals surface area contributed by atoms with Crippen LogP contribution in [-0.4, -0.2) is 5.60 Å². The van der Waals surface area contributed by atoms with Crippen LogP contribution in [0.3, 0.4) is 0 Å². The predicted molar refractivity (Wildman–Crippen MR) is 56.4 cm³/mol. The molecule has 1 aliphatic carbocycles. The van der Waals surface area contributed by atoms with Gasteiger partial charge in [-0.3, -0.25) is 0 Å². The van der Waals surface area contributed by atoms with E-state index in [-0.39, 0.29) is 5.60 Å². The van der Waals surface area contributed by atoms with E-state index in [2.05, 4.69) is 39.5 Å². The summed E-state index contributed by atoms with van der Waals surface area (Å²) in [6.07, 6.45) is 8.33. The number of hydrogen-bond acceptors (Lipinski definition) is 1. The Morgan fingerprint density at radius 3 is 2.69 bits per heavy atom. The zero-order valence-electron chi connectivity index (χ0n) is 8.92. The quantitative estimate of drug-likeness (QED) is 0.477. The van der Waals surface area contributed by atoms with Gasteiger partial charge in [0.2, 0.25) is 0 Å². The minimum absolute atomic E-state index is 0.104. The molecule has 0 saturated heterocycles. The van der Waals surface area contributed by atoms with Gasteiger partial charge in [-0.25, -0.2) is 0 Å². The Morgan fingerprint density at radius 1 is 1.62 bits per heavy atom. The van der Waals surface area contributed by atoms with Gasteiger partial charge in [0, 0.05) is 0 Å². The molecule has 0 heterocycles. The van der Waals surface area contributed by atoms with Crippen molar-refractivity contribution in [1.29, 1.82) is 0 Å². The fourth-order valence-corrected chi connectivity index (χ4v) is 1.80. The Balaban J connectivity index is 2.60. The van der Waals surface area contributed by atoms with Gasteiger partial charge in [-0.05, 0) is 37.7 Å². The summed E-state index contributed by atoms with van der Waals surface area (Å²) in [6.45, 7) is 10.3. The summed E-state index contributed by atoms with van der Waals surface area (Å²) in [6, 6.07) is 0. The monoisotopic (exact) mass is 180 g/mol. The molecule has 0 saturated carbocycles. The van der Waals surface area contributed by atoms with E-state index in [1.807, 2.05) is 0 Å². The van der Waals surface area contributed by atoms with E-state index in [1.165, 1.54) is 6.42 Å². The van der Waals surface area contributed by atoms with E-state index < -0.39 is 0 Å². The van der Waals surface area contributed by atoms with Gasteiger partial charge in [0.1, 0.15) is 5.60 Å². The molecule has 2 unspecified atom stereocenters. The smallest absolute Gasteiger partial charge is 0.123 e. The maximum absolute atomic E-state index is 5.48. The van der Waals surface area contributed by atoms with Crippen LogP contribution in [0.25, 0.3) is 0 Å². The van der Waals surface area contributed by atoms with Crippen molar-refractivity contribution < 1.29 is 4.74 Å². The van der Waals surface area contributed by atoms with Crippen molar-refractivity contribution in [3.63, 3.8) is 0 Å². The lowest BCUT2D eigenvalue weighted by Crippen LogP contribution is -2.29. The summed E-state index contributed by atoms with van der Waals surface area (Å²) in [5, 5.41) is 0. The first-order valence-electron chi connectivity index (χ1n) is 5.05. The summed E-state index contributed by atoms with van der Waals surface area (Å²) in [5.74, 6) is 1.46. The third-order valence-corrected chi connectivity index (χ3v) is 2.88. The molecule has 0 aromatic heterocycles. The fraction of sp³-hybridized carbons (Fsp3) is 0.667. The number of ether oxygens (including phenoxy) is 1. The van der Waals surface area contributed by atoms with Gasteiger partial charge in [0.25, 0.3) is 0 Å². The van der Waals surface area contributed by atoms with Gasteiger partial charge < -0.3 is 4.74 Å². The molecule has 1 heteroatoms. The van der Waals surface area contributed by atoms with E-state index in [1.54, 1.807) is 6.26 Å². The van der Waals surface area contributed by atoms with Crippen molar-refractivity contribution in [1.82, 2.24) is 0 Å². The minimum atomic E-state index is -0.104. The summed E-state index contributed by atoms with van der Waals surface area (Å²) in [4.78, 5) is 0. The van der Waals surface area contributed by atoms with Crippen LogP contribution in [0, 0.1) is 11.8 Å². The van der Waals surface area contributed by atoms with Crippen LogP contribution in [0.15, 0.2) is 25.0 Å². The molecule has 13 heavy (non-hydrogen) atoms. The number of allylic oxidation sites excluding steroid dienone is 1. The first kappa shape index (κ1) is 10.4. The Bertz CT molecular complexity index is 205. The highest BCUT2D eigenvalue weighted by molar-refractivity contribution is 5.07. The maximum Gasteiger partial charge on any atom is 0.123 e. The molecule has 1 nitrogen and oxygen atoms in total. The van der Waals surface area contributed by atoms with Crippen molar-refractivity contribution in [3.05, 3.63) is 25.0 Å². The molecular formula is C12H20O. The number of hydrogen-bond donors (Lipinski definition) is 0. The largest absolute Gasteiger partial charge is 0.492 e. The molecule has 1 aliphatic rings. The zero-order valence-corrected chi connectivity index (χ0v) is 8.92. The lowest BCUT2D eigenvalue weighted by Gasteiger charge is -2.32. The molecule has 0 N–H and O–H groups in total. The third-order valence-electron chi connectivity index (χ3n) is 2.88. The minimum Gasteiger partial charge on any atom is -0.492 e. The predicted octanol–water partition coefficient (Wildman–Crippen LogP) is 3.53. The van der Waals surface area contributed by atoms with Crippen molar-refractivity contribution in [2.24, 2.45) is 11.8 Å². The van der Waals surface area contributed by atoms with Crippen LogP contribution < -0.4 is 0 Å². The SMILES string of the molecule is C=COC1(C)C=CC(C(C)C)CC1. The Kier molecular flexibility index (Phi) is 3.18. The second kappa shape index (κ2) is 3.99. The van der Waals surface area contributed by atoms with E-state index in [0.29, 0.717) is 0 Å². The Hall–Kier alpha value is -0.720. The normalized spacial score (nSPS) is 33.4. The van der Waals surface area contributed by atoms with Gasteiger partial charge in [0.15, 0.2) is 0 Å². The summed E-state index contributed by atoms with van der Waals surface area (Å²) in [7, 11) is 0. The van der Waals surface area contributed by atoms with Crippen LogP contribution in [-0.2, 0) is 4.74 Å². The standard InChI is InChI=1S/C12H20O/c1-5-13-12(4)8-6-11(7-9-12)10(2)3/h5-6,8,10-11H,1,7,9H2,2-4H3. The van der Waals surface area contributed by atoms with Gasteiger partial charge in [0.05, 0.1) is 6.26 Å². The van der Waals surface area contributed by atoms with Gasteiger partial charge in [-0.15, -0.1) is 0 Å². The highest BCUT2D eigenvalue weighted by atomic mass is 16.5. The fourth-order valence-electron chi connectivity index (χ4n) is 1.80. The van der Waals surface area contributed by atoms with Gasteiger partial charge in [-0.1, -0.05) is 26.5 Å². The van der Waals surface area contributed by atoms with Crippen molar-refractivity contribution >= 4 is 0 Å². The molecule has 0 fully saturated rings. The van der Waals surface area contributed by atoms with Crippen molar-refractivity contribution in [3.8, 4) is 0 Å². The average molecular weight is 180 g/mol. The Labute approximate surface area is 81.5 Å². The maximum atomic E-state index is 5.48. The van der Waals surface area contributed by atoms with Gasteiger partial charge in [-0.2, -0.15) is 0 Å². The highest BCUT2D eigenvalue weighted by Crippen LogP contribution is 2.32. The average Bonchev–Trinajstić information content (AvgIpc) is 2.05. The molecule has 0 aromatic carbocycles. The second-order valence-corrected chi connectivity index (χ2v) is 4.40. The third kappa shape index (κ3) is 2.61. The van der Waals surface area contributed by atoms with Crippen LogP contribution >= 0.6 is 0 Å². The molecule has 0 radical (unpaired) electrons. The summed E-state index contributed by atoms with van der Waals surface area (Å²) < 4.78 is 5.48. The van der Waals surface area contributed by atoms with Crippen LogP contribution in [0.1, 0.15) is 33.6 Å². The molecule has 1 rings (SSSR count). The zero-order chi connectivity index (χ0) is 9.90. The summed E-state index contributed by atoms with van der Waals surface area (Å²) >= 11 is 0. The van der Waals surface area contributed by atoms with E-state index in [4.69, 9.17) is 4.74 Å². The second-order valence-electron chi connectivity index (χ2n) is 4.40. The molecule has 2 atom stereocenters. The van der Waals surface area contributed by atoms with E-state index in [9.17, 15) is 0 Å². The van der Waals surface area contributed by atoms with Crippen LogP contribution in [0.2, 0.25) is 0 Å². The lowest BCUT2D eigenvalue weighted by molar-refractivity contribution is 0.0637. The first-order chi connectivity index (χ1) is 6.07. The van der Waals surface area contributed by atoms with Crippen LogP contribution in [0.5, 0.6) is 0 Å². The van der Waals surface area contributed by atoms with Crippen LogP contribution in [0.4, 0.5) is 0 Å². The molecule has 0 spiro atoms. The van der Waals surface area contributed by atoms with E-state index in [0.717, 1.165) is 18.3 Å². The highest BCUT2D eigenvalue weighted by Gasteiger charge is 2.27. The Morgan fingerprint density at radius 2 is 2.31 bits per heavy atom. The summed E-state index contributed by atoms with van der Waals surface area (Å²) in [5.41, 5.74) is -0.104. The van der Waals surface area contributed by atoms with Crippen molar-refractivity contribution in [2.75, 3.05) is 0 Å². The lowest BCUT2D eigenvalue weighted by atomic mass is 9.81. The number of rotatable bonds is 3. The van der Waals surface area contributed by atoms with Crippen molar-refractivity contribution in [2.45, 2.75) is 39.2 Å². The van der Waals surface area contributed by atoms with E-state index >= 15 is 0 Å². The molecule has 0 bridgehead atoms. The topological polar surface area (TPSA) is 9.23 Å². The van der Waals surface area contributed by atoms with Gasteiger partial charge >= 0.3 is 0 Å². The molecular weight excluding hydrogens is 160 g/mol. The first-order valence-corrected chi connectivity index (χ1v) is 5.05. The molecule has 0 amide bonds. The molecule has 0 aliphatic heterocycles.